The second kappa shape index (κ2) is 14.2. The molecule has 0 amide bonds. The van der Waals surface area contributed by atoms with Crippen molar-refractivity contribution in [3.05, 3.63) is 131 Å². The van der Waals surface area contributed by atoms with Crippen LogP contribution in [-0.4, -0.2) is 33.6 Å². The van der Waals surface area contributed by atoms with Gasteiger partial charge in [0.15, 0.2) is 6.29 Å². The quantitative estimate of drug-likeness (QED) is 0.178. The van der Waals surface area contributed by atoms with Crippen LogP contribution in [0.3, 0.4) is 0 Å². The first-order valence-electron chi connectivity index (χ1n) is 11.5. The van der Waals surface area contributed by atoms with Crippen molar-refractivity contribution in [2.45, 2.75) is 0 Å². The number of anilines is 1. The standard InChI is InChI=1S/C15H8FN3.C9H6FNO.C6H6N2O/c16-13-3-1-2-10(7-13)15-11(8-17)6-12-9-18-5-4-14(12)19-15;1-11-6-9(12)7-3-2-4-8(10)5-7;7-6-1-2-8-3-5(6)4-9/h1-7,9H;2-5H,6H2;1-4H,(H2,7,8). The number of carbonyl (C=O) groups is 2. The minimum absolute atomic E-state index is 0.219. The molecule has 0 spiro atoms. The number of rotatable bonds is 4. The summed E-state index contributed by atoms with van der Waals surface area (Å²) in [6, 6.07) is 18.6. The Morgan fingerprint density at radius 2 is 1.70 bits per heavy atom. The summed E-state index contributed by atoms with van der Waals surface area (Å²) in [5.41, 5.74) is 8.75. The molecule has 2 aromatic carbocycles. The van der Waals surface area contributed by atoms with Gasteiger partial charge in [-0.25, -0.2) is 20.3 Å². The van der Waals surface area contributed by atoms with Crippen molar-refractivity contribution in [3.63, 3.8) is 0 Å². The van der Waals surface area contributed by atoms with Gasteiger partial charge in [0.2, 0.25) is 5.78 Å². The van der Waals surface area contributed by atoms with Crippen LogP contribution in [0.5, 0.6) is 0 Å². The van der Waals surface area contributed by atoms with Gasteiger partial charge in [0.25, 0.3) is 6.54 Å². The maximum Gasteiger partial charge on any atom is 0.276 e. The van der Waals surface area contributed by atoms with Crippen LogP contribution in [0.2, 0.25) is 0 Å². The molecule has 0 unspecified atom stereocenters. The summed E-state index contributed by atoms with van der Waals surface area (Å²) in [6.07, 6.45) is 6.95. The molecular weight excluding hydrogens is 514 g/mol. The van der Waals surface area contributed by atoms with Crippen molar-refractivity contribution < 1.29 is 18.4 Å². The second-order valence-corrected chi connectivity index (χ2v) is 7.95. The molecule has 0 fully saturated rings. The monoisotopic (exact) mass is 534 g/mol. The summed E-state index contributed by atoms with van der Waals surface area (Å²) in [5.74, 6) is -1.15. The number of hydrogen-bond donors (Lipinski definition) is 1. The number of aromatic nitrogens is 3. The van der Waals surface area contributed by atoms with E-state index in [9.17, 15) is 23.6 Å². The fraction of sp³-hybridized carbons (Fsp3) is 0.0333. The van der Waals surface area contributed by atoms with E-state index in [4.69, 9.17) is 12.3 Å². The molecule has 0 aliphatic rings. The molecule has 0 aliphatic heterocycles. The molecule has 196 valence electrons. The van der Waals surface area contributed by atoms with Gasteiger partial charge >= 0.3 is 0 Å². The second-order valence-electron chi connectivity index (χ2n) is 7.95. The number of benzene rings is 2. The van der Waals surface area contributed by atoms with E-state index in [0.717, 1.165) is 17.0 Å². The van der Waals surface area contributed by atoms with Crippen LogP contribution in [0, 0.1) is 29.5 Å². The number of pyridine rings is 3. The molecule has 3 aromatic heterocycles. The number of nitriles is 1. The number of fused-ring (bicyclic) bond motifs is 1. The highest BCUT2D eigenvalue weighted by Gasteiger charge is 2.10. The first-order valence-corrected chi connectivity index (χ1v) is 11.5. The first kappa shape index (κ1) is 28.7. The van der Waals surface area contributed by atoms with Gasteiger partial charge in [-0.3, -0.25) is 19.6 Å². The third kappa shape index (κ3) is 7.81. The lowest BCUT2D eigenvalue weighted by Crippen LogP contribution is -2.01. The summed E-state index contributed by atoms with van der Waals surface area (Å²) in [5, 5.41) is 10.00. The summed E-state index contributed by atoms with van der Waals surface area (Å²) in [6.45, 7) is 6.23. The summed E-state index contributed by atoms with van der Waals surface area (Å²) in [4.78, 5) is 36.2. The Morgan fingerprint density at radius 1 is 1.00 bits per heavy atom. The zero-order chi connectivity index (χ0) is 28.9. The van der Waals surface area contributed by atoms with E-state index in [1.54, 1.807) is 48.9 Å². The molecule has 5 rings (SSSR count). The predicted molar refractivity (Wildman–Crippen MR) is 146 cm³/mol. The number of carbonyl (C=O) groups excluding carboxylic acids is 2. The largest absolute Gasteiger partial charge is 0.398 e. The highest BCUT2D eigenvalue weighted by molar-refractivity contribution is 5.98. The van der Waals surface area contributed by atoms with Crippen molar-refractivity contribution in [1.82, 2.24) is 15.0 Å². The molecule has 40 heavy (non-hydrogen) atoms. The van der Waals surface area contributed by atoms with Crippen LogP contribution in [0.25, 0.3) is 27.0 Å². The van der Waals surface area contributed by atoms with Crippen LogP contribution in [0.1, 0.15) is 26.3 Å². The smallest absolute Gasteiger partial charge is 0.276 e. The van der Waals surface area contributed by atoms with Crippen LogP contribution < -0.4 is 5.73 Å². The number of ketones is 1. The molecule has 5 aromatic rings. The number of aldehydes is 1. The minimum atomic E-state index is -0.453. The number of nitrogens with two attached hydrogens (primary N) is 1. The predicted octanol–water partition coefficient (Wildman–Crippen LogP) is 5.71. The molecule has 10 heteroatoms. The molecule has 0 atom stereocenters. The number of Topliss-reactive ketones (excluding diaryl/α,β-unsaturated/α-hetero) is 1. The fourth-order valence-corrected chi connectivity index (χ4v) is 3.30. The summed E-state index contributed by atoms with van der Waals surface area (Å²) < 4.78 is 25.8. The third-order valence-electron chi connectivity index (χ3n) is 5.22. The maximum atomic E-state index is 13.3. The van der Waals surface area contributed by atoms with Gasteiger partial charge in [-0.05, 0) is 42.5 Å². The van der Waals surface area contributed by atoms with Gasteiger partial charge in [0, 0.05) is 47.0 Å². The molecule has 0 radical (unpaired) electrons. The normalized spacial score (nSPS) is 9.60. The Balaban J connectivity index is 0.000000180. The van der Waals surface area contributed by atoms with Gasteiger partial charge in [-0.15, -0.1) is 0 Å². The van der Waals surface area contributed by atoms with Crippen molar-refractivity contribution in [2.24, 2.45) is 0 Å². The Kier molecular flexibility index (Phi) is 10.2. The highest BCUT2D eigenvalue weighted by atomic mass is 19.1. The van der Waals surface area contributed by atoms with Gasteiger partial charge in [-0.2, -0.15) is 5.26 Å². The summed E-state index contributed by atoms with van der Waals surface area (Å²) >= 11 is 0. The van der Waals surface area contributed by atoms with Gasteiger partial charge in [-0.1, -0.05) is 24.3 Å². The maximum absolute atomic E-state index is 13.3. The Morgan fingerprint density at radius 3 is 2.33 bits per heavy atom. The van der Waals surface area contributed by atoms with Crippen LogP contribution in [0.15, 0.2) is 91.5 Å². The van der Waals surface area contributed by atoms with Crippen molar-refractivity contribution in [1.29, 1.82) is 5.26 Å². The molecule has 0 saturated heterocycles. The Hall–Kier alpha value is -5.87. The first-order chi connectivity index (χ1) is 19.4. The van der Waals surface area contributed by atoms with Crippen molar-refractivity contribution in [2.75, 3.05) is 12.3 Å². The van der Waals surface area contributed by atoms with Crippen LogP contribution in [0.4, 0.5) is 14.5 Å². The van der Waals surface area contributed by atoms with Crippen molar-refractivity contribution in [3.8, 4) is 17.3 Å². The molecule has 0 saturated carbocycles. The van der Waals surface area contributed by atoms with E-state index < -0.39 is 5.82 Å². The van der Waals surface area contributed by atoms with Crippen LogP contribution in [-0.2, 0) is 0 Å². The number of nitrogens with zero attached hydrogens (tertiary/aromatic N) is 5. The average molecular weight is 535 g/mol. The topological polar surface area (TPSA) is 127 Å². The number of halogens is 2. The third-order valence-corrected chi connectivity index (χ3v) is 5.22. The SMILES string of the molecule is N#Cc1cc2cnccc2nc1-c1cccc(F)c1.Nc1ccncc1C=O.[C-]#[N+]CC(=O)c1cccc(F)c1. The van der Waals surface area contributed by atoms with Gasteiger partial charge < -0.3 is 10.6 Å². The van der Waals surface area contributed by atoms with Crippen molar-refractivity contribution >= 4 is 28.7 Å². The number of hydrogen-bond acceptors (Lipinski definition) is 7. The highest BCUT2D eigenvalue weighted by Crippen LogP contribution is 2.25. The van der Waals surface area contributed by atoms with E-state index >= 15 is 0 Å². The lowest BCUT2D eigenvalue weighted by atomic mass is 10.0. The zero-order valence-electron chi connectivity index (χ0n) is 20.8. The molecule has 2 N–H and O–H groups in total. The molecule has 0 bridgehead atoms. The van der Waals surface area contributed by atoms with E-state index in [1.165, 1.54) is 36.5 Å². The van der Waals surface area contributed by atoms with E-state index in [0.29, 0.717) is 34.4 Å². The van der Waals surface area contributed by atoms with E-state index in [1.807, 2.05) is 0 Å². The lowest BCUT2D eigenvalue weighted by Gasteiger charge is -2.05. The molecule has 8 nitrogen and oxygen atoms in total. The average Bonchev–Trinajstić information content (AvgIpc) is 2.97. The number of nitrogen functional groups attached to an aromatic ring is 1. The zero-order valence-corrected chi connectivity index (χ0v) is 20.8. The van der Waals surface area contributed by atoms with Crippen LogP contribution >= 0.6 is 0 Å². The van der Waals surface area contributed by atoms with Gasteiger partial charge in [0.1, 0.15) is 17.7 Å². The summed E-state index contributed by atoms with van der Waals surface area (Å²) in [7, 11) is 0. The Bertz CT molecular complexity index is 1750. The Labute approximate surface area is 228 Å². The van der Waals surface area contributed by atoms with Gasteiger partial charge in [0.05, 0.1) is 22.3 Å². The lowest BCUT2D eigenvalue weighted by molar-refractivity contribution is 0.101. The molecule has 0 aliphatic carbocycles. The van der Waals surface area contributed by atoms with E-state index in [-0.39, 0.29) is 23.7 Å². The molecule has 3 heterocycles. The molecular formula is C30H20F2N6O2. The fourth-order valence-electron chi connectivity index (χ4n) is 3.30. The minimum Gasteiger partial charge on any atom is -0.398 e. The van der Waals surface area contributed by atoms with E-state index in [2.05, 4.69) is 25.9 Å².